The van der Waals surface area contributed by atoms with E-state index < -0.39 is 21.8 Å². The van der Waals surface area contributed by atoms with Gasteiger partial charge in [0.05, 0.1) is 28.5 Å². The molecule has 5 aromatic rings. The lowest BCUT2D eigenvalue weighted by Gasteiger charge is -2.17. The van der Waals surface area contributed by atoms with Crippen molar-refractivity contribution in [1.82, 2.24) is 29.5 Å². The van der Waals surface area contributed by atoms with Crippen LogP contribution in [0.2, 0.25) is 10.2 Å². The van der Waals surface area contributed by atoms with Crippen molar-refractivity contribution >= 4 is 38.7 Å². The zero-order valence-corrected chi connectivity index (χ0v) is 24.0. The molecule has 14 heteroatoms. The highest BCUT2D eigenvalue weighted by Crippen LogP contribution is 2.38. The van der Waals surface area contributed by atoms with Gasteiger partial charge in [0.15, 0.2) is 15.0 Å². The molecule has 0 unspecified atom stereocenters. The van der Waals surface area contributed by atoms with Crippen LogP contribution in [0.4, 0.5) is 10.1 Å². The zero-order valence-electron chi connectivity index (χ0n) is 21.6. The van der Waals surface area contributed by atoms with Crippen molar-refractivity contribution in [3.05, 3.63) is 92.7 Å². The number of aromatic nitrogens is 6. The second-order valence-corrected chi connectivity index (χ2v) is 12.8. The highest BCUT2D eigenvalue weighted by Gasteiger charge is 2.35. The predicted octanol–water partition coefficient (Wildman–Crippen LogP) is 4.70. The van der Waals surface area contributed by atoms with Crippen molar-refractivity contribution in [3.63, 3.8) is 0 Å². The Kier molecular flexibility index (Phi) is 6.51. The van der Waals surface area contributed by atoms with Gasteiger partial charge in [-0.2, -0.15) is 4.39 Å². The number of halogens is 3. The summed E-state index contributed by atoms with van der Waals surface area (Å²) in [6.07, 6.45) is 3.10. The molecule has 0 spiro atoms. The number of nitrogens with one attached hydrogen (secondary N) is 1. The third-order valence-corrected chi connectivity index (χ3v) is 8.68. The van der Waals surface area contributed by atoms with Crippen molar-refractivity contribution in [2.45, 2.75) is 24.3 Å². The molecule has 2 atom stereocenters. The van der Waals surface area contributed by atoms with Crippen LogP contribution < -0.4 is 11.3 Å². The van der Waals surface area contributed by atoms with Gasteiger partial charge in [-0.1, -0.05) is 41.4 Å². The number of nitrogen functional groups attached to an aromatic ring is 1. The van der Waals surface area contributed by atoms with Crippen LogP contribution in [-0.4, -0.2) is 44.2 Å². The average molecular weight is 614 g/mol. The van der Waals surface area contributed by atoms with Gasteiger partial charge in [-0.05, 0) is 54.3 Å². The van der Waals surface area contributed by atoms with E-state index in [2.05, 4.69) is 20.3 Å². The summed E-state index contributed by atoms with van der Waals surface area (Å²) in [7, 11) is -3.64. The minimum atomic E-state index is -3.64. The number of benzene rings is 2. The minimum absolute atomic E-state index is 0.0582. The van der Waals surface area contributed by atoms with E-state index in [4.69, 9.17) is 28.9 Å². The molecule has 0 radical (unpaired) electrons. The van der Waals surface area contributed by atoms with E-state index in [1.54, 1.807) is 29.0 Å². The average Bonchev–Trinajstić information content (AvgIpc) is 3.59. The summed E-state index contributed by atoms with van der Waals surface area (Å²) < 4.78 is 42.6. The molecule has 1 aliphatic heterocycles. The fourth-order valence-corrected chi connectivity index (χ4v) is 6.49. The first-order chi connectivity index (χ1) is 19.4. The number of sulfone groups is 1. The van der Waals surface area contributed by atoms with Gasteiger partial charge >= 0.3 is 0 Å². The van der Waals surface area contributed by atoms with Crippen LogP contribution in [0, 0.1) is 11.9 Å². The van der Waals surface area contributed by atoms with Gasteiger partial charge in [-0.25, -0.2) is 18.1 Å². The summed E-state index contributed by atoms with van der Waals surface area (Å²) in [6, 6.07) is 12.2. The molecular formula is C27H22Cl2FN7O3S. The molecule has 4 heterocycles. The summed E-state index contributed by atoms with van der Waals surface area (Å²) in [4.78, 5) is 20.6. The Labute approximate surface area is 243 Å². The Balaban J connectivity index is 1.43. The molecule has 3 N–H and O–H groups in total. The van der Waals surface area contributed by atoms with E-state index >= 15 is 4.39 Å². The van der Waals surface area contributed by atoms with Crippen LogP contribution in [0.15, 0.2) is 64.4 Å². The van der Waals surface area contributed by atoms with Gasteiger partial charge in [0.1, 0.15) is 11.5 Å². The number of fused-ring (bicyclic) bond motifs is 1. The van der Waals surface area contributed by atoms with Crippen molar-refractivity contribution in [1.29, 1.82) is 0 Å². The predicted molar refractivity (Wildman–Crippen MR) is 154 cm³/mol. The summed E-state index contributed by atoms with van der Waals surface area (Å²) in [5.74, 6) is -0.607. The number of nitrogens with two attached hydrogens (primary N) is 1. The third kappa shape index (κ3) is 4.81. The molecule has 2 aromatic carbocycles. The van der Waals surface area contributed by atoms with Gasteiger partial charge in [-0.3, -0.25) is 4.79 Å². The SMILES string of the molecule is C[C@H]1Cc2cc(-c3cc(Cl)ccc3-n3cc(Cl)nn3)cc(=O)n2[C@@H]1c1nc(-c2ccc(N)c(S(C)(=O)=O)c2)c(F)[nH]1. The van der Waals surface area contributed by atoms with Gasteiger partial charge < -0.3 is 15.3 Å². The van der Waals surface area contributed by atoms with Crippen molar-refractivity contribution in [2.75, 3.05) is 12.0 Å². The van der Waals surface area contributed by atoms with Gasteiger partial charge in [0.2, 0.25) is 5.95 Å². The van der Waals surface area contributed by atoms with Gasteiger partial charge in [-0.15, -0.1) is 5.10 Å². The highest BCUT2D eigenvalue weighted by atomic mass is 35.5. The topological polar surface area (TPSA) is 142 Å². The molecule has 6 rings (SSSR count). The molecule has 41 heavy (non-hydrogen) atoms. The smallest absolute Gasteiger partial charge is 0.252 e. The second-order valence-electron chi connectivity index (χ2n) is 10.0. The van der Waals surface area contributed by atoms with Gasteiger partial charge in [0, 0.05) is 34.2 Å². The van der Waals surface area contributed by atoms with Crippen LogP contribution in [0.5, 0.6) is 0 Å². The van der Waals surface area contributed by atoms with E-state index in [1.807, 2.05) is 13.0 Å². The first kappa shape index (κ1) is 27.2. The Morgan fingerprint density at radius 3 is 2.59 bits per heavy atom. The van der Waals surface area contributed by atoms with Gasteiger partial charge in [0.25, 0.3) is 5.56 Å². The molecule has 0 fully saturated rings. The number of hydrogen-bond acceptors (Lipinski definition) is 7. The lowest BCUT2D eigenvalue weighted by atomic mass is 10.0. The van der Waals surface area contributed by atoms with Crippen LogP contribution >= 0.6 is 23.2 Å². The number of pyridine rings is 1. The standard InChI is InChI=1S/C27H22Cl2FN7O3S/c1-13-7-17-8-15(18-11-16(28)4-6-20(18)36-12-22(29)34-35-36)10-23(38)37(17)25(13)27-32-24(26(30)33-27)14-3-5-19(31)21(9-14)41(2,39)40/h3-6,8-13,25H,7,31H2,1-2H3,(H,32,33)/t13-,25-/m0/s1. The maximum Gasteiger partial charge on any atom is 0.252 e. The third-order valence-electron chi connectivity index (χ3n) is 7.12. The highest BCUT2D eigenvalue weighted by molar-refractivity contribution is 7.90. The molecule has 0 saturated carbocycles. The number of hydrogen-bond donors (Lipinski definition) is 2. The molecular weight excluding hydrogens is 592 g/mol. The molecule has 210 valence electrons. The molecule has 0 saturated heterocycles. The van der Waals surface area contributed by atoms with Crippen LogP contribution in [0.25, 0.3) is 28.1 Å². The fourth-order valence-electron chi connectivity index (χ4n) is 5.35. The van der Waals surface area contributed by atoms with E-state index in [0.29, 0.717) is 28.3 Å². The van der Waals surface area contributed by atoms with E-state index in [9.17, 15) is 13.2 Å². The maximum absolute atomic E-state index is 15.2. The molecule has 0 bridgehead atoms. The molecule has 0 amide bonds. The second kappa shape index (κ2) is 9.82. The van der Waals surface area contributed by atoms with E-state index in [1.165, 1.54) is 28.9 Å². The lowest BCUT2D eigenvalue weighted by Crippen LogP contribution is -2.26. The number of anilines is 1. The molecule has 10 nitrogen and oxygen atoms in total. The largest absolute Gasteiger partial charge is 0.398 e. The maximum atomic E-state index is 15.2. The number of H-pyrrole nitrogens is 1. The fraction of sp³-hybridized carbons (Fsp3) is 0.185. The number of nitrogens with zero attached hydrogens (tertiary/aromatic N) is 5. The molecule has 3 aromatic heterocycles. The minimum Gasteiger partial charge on any atom is -0.398 e. The molecule has 1 aliphatic rings. The van der Waals surface area contributed by atoms with Crippen LogP contribution in [0.3, 0.4) is 0 Å². The number of imidazole rings is 1. The lowest BCUT2D eigenvalue weighted by molar-refractivity contribution is 0.445. The summed E-state index contributed by atoms with van der Waals surface area (Å²) in [5, 5.41) is 8.56. The first-order valence-corrected chi connectivity index (χ1v) is 15.0. The Morgan fingerprint density at radius 1 is 1.10 bits per heavy atom. The zero-order chi connectivity index (χ0) is 29.2. The van der Waals surface area contributed by atoms with Crippen molar-refractivity contribution in [3.8, 4) is 28.1 Å². The molecule has 0 aliphatic carbocycles. The van der Waals surface area contributed by atoms with Crippen molar-refractivity contribution in [2.24, 2.45) is 5.92 Å². The first-order valence-electron chi connectivity index (χ1n) is 12.4. The monoisotopic (exact) mass is 613 g/mol. The Bertz CT molecular complexity index is 2020. The van der Waals surface area contributed by atoms with E-state index in [-0.39, 0.29) is 44.3 Å². The Hall–Kier alpha value is -4.00. The number of rotatable bonds is 5. The number of aromatic amines is 1. The summed E-state index contributed by atoms with van der Waals surface area (Å²) >= 11 is 12.3. The van der Waals surface area contributed by atoms with E-state index in [0.717, 1.165) is 11.9 Å². The summed E-state index contributed by atoms with van der Waals surface area (Å²) in [5.41, 5.74) is 8.42. The van der Waals surface area contributed by atoms with Crippen LogP contribution in [0.1, 0.15) is 24.5 Å². The van der Waals surface area contributed by atoms with Crippen LogP contribution in [-0.2, 0) is 16.3 Å². The van der Waals surface area contributed by atoms with Crippen molar-refractivity contribution < 1.29 is 12.8 Å². The normalized spacial score (nSPS) is 16.7. The quantitative estimate of drug-likeness (QED) is 0.274. The Morgan fingerprint density at radius 2 is 1.88 bits per heavy atom. The summed E-state index contributed by atoms with van der Waals surface area (Å²) in [6.45, 7) is 1.95.